The van der Waals surface area contributed by atoms with Crippen molar-refractivity contribution in [1.82, 2.24) is 0 Å². The quantitative estimate of drug-likeness (QED) is 0.367. The van der Waals surface area contributed by atoms with Gasteiger partial charge in [-0.1, -0.05) is 6.07 Å². The first kappa shape index (κ1) is 19.7. The Balaban J connectivity index is 2.12. The molecule has 2 nitrogen and oxygen atoms in total. The van der Waals surface area contributed by atoms with E-state index in [1.54, 1.807) is 6.92 Å². The van der Waals surface area contributed by atoms with Crippen LogP contribution < -0.4 is 9.47 Å². The van der Waals surface area contributed by atoms with E-state index in [0.29, 0.717) is 12.4 Å². The van der Waals surface area contributed by atoms with Gasteiger partial charge >= 0.3 is 0 Å². The maximum atomic E-state index is 14.7. The van der Waals surface area contributed by atoms with Crippen molar-refractivity contribution in [3.63, 3.8) is 0 Å². The van der Waals surface area contributed by atoms with Crippen LogP contribution in [0.1, 0.15) is 18.1 Å². The molecule has 0 aromatic heterocycles. The summed E-state index contributed by atoms with van der Waals surface area (Å²) >= 11 is 0. The molecule has 0 saturated heterocycles. The molecule has 146 valence electrons. The number of benzene rings is 3. The molecule has 3 aromatic rings. The van der Waals surface area contributed by atoms with Gasteiger partial charge in [-0.15, -0.1) is 0 Å². The molecule has 0 unspecified atom stereocenters. The van der Waals surface area contributed by atoms with Gasteiger partial charge in [0.2, 0.25) is 5.82 Å². The zero-order valence-corrected chi connectivity index (χ0v) is 15.0. The number of rotatable bonds is 5. The third kappa shape index (κ3) is 3.40. The fourth-order valence-corrected chi connectivity index (χ4v) is 2.78. The van der Waals surface area contributed by atoms with Crippen LogP contribution >= 0.6 is 0 Å². The summed E-state index contributed by atoms with van der Waals surface area (Å²) in [5, 5.41) is -0.836. The largest absolute Gasteiger partial charge is 0.494 e. The van der Waals surface area contributed by atoms with Gasteiger partial charge in [-0.25, -0.2) is 17.6 Å². The second-order valence-corrected chi connectivity index (χ2v) is 5.82. The second kappa shape index (κ2) is 7.88. The second-order valence-electron chi connectivity index (χ2n) is 5.82. The van der Waals surface area contributed by atoms with Crippen molar-refractivity contribution >= 4 is 22.4 Å². The molecule has 0 aliphatic heterocycles. The van der Waals surface area contributed by atoms with Crippen LogP contribution in [-0.4, -0.2) is 13.7 Å². The molecule has 3 aromatic carbocycles. The lowest BCUT2D eigenvalue weighted by molar-refractivity contribution is 0.340. The van der Waals surface area contributed by atoms with Crippen LogP contribution in [0.4, 0.5) is 22.0 Å². The molecule has 0 amide bonds. The Hall–Kier alpha value is -3.09. The molecule has 0 fully saturated rings. The van der Waals surface area contributed by atoms with Crippen LogP contribution in [-0.2, 0) is 0 Å². The maximum absolute atomic E-state index is 14.7. The van der Waals surface area contributed by atoms with Gasteiger partial charge in [0, 0.05) is 11.1 Å². The Morgan fingerprint density at radius 2 is 1.54 bits per heavy atom. The fraction of sp³-hybridized carbons (Fsp3) is 0.143. The zero-order valence-electron chi connectivity index (χ0n) is 15.0. The molecule has 28 heavy (non-hydrogen) atoms. The molecule has 0 aliphatic rings. The Bertz CT molecular complexity index is 1060. The van der Waals surface area contributed by atoms with E-state index >= 15 is 0 Å². The zero-order chi connectivity index (χ0) is 20.4. The molecule has 0 N–H and O–H groups in total. The Kier molecular flexibility index (Phi) is 5.53. The standard InChI is InChI=1S/C21H15F5O2/c1-3-28-13-7-4-11(5-8-13)17(22)19(24)14-9-6-12-10-15(27-2)20(25)21(26)16(12)18(14)23/h4-10H,3H2,1-2H3. The van der Waals surface area contributed by atoms with E-state index in [1.165, 1.54) is 24.3 Å². The molecular weight excluding hydrogens is 379 g/mol. The van der Waals surface area contributed by atoms with Crippen molar-refractivity contribution in [2.24, 2.45) is 0 Å². The average molecular weight is 394 g/mol. The van der Waals surface area contributed by atoms with Gasteiger partial charge < -0.3 is 9.47 Å². The summed E-state index contributed by atoms with van der Waals surface area (Å²) in [6, 6.07) is 8.59. The molecule has 0 aliphatic carbocycles. The highest BCUT2D eigenvalue weighted by molar-refractivity contribution is 5.91. The maximum Gasteiger partial charge on any atom is 0.201 e. The minimum absolute atomic E-state index is 0.0497. The van der Waals surface area contributed by atoms with Crippen molar-refractivity contribution in [2.45, 2.75) is 6.92 Å². The lowest BCUT2D eigenvalue weighted by atomic mass is 10.0. The van der Waals surface area contributed by atoms with Crippen LogP contribution in [0.3, 0.4) is 0 Å². The Morgan fingerprint density at radius 3 is 2.14 bits per heavy atom. The van der Waals surface area contributed by atoms with Gasteiger partial charge in [0.1, 0.15) is 11.6 Å². The van der Waals surface area contributed by atoms with E-state index in [4.69, 9.17) is 4.74 Å². The van der Waals surface area contributed by atoms with Crippen LogP contribution in [0.15, 0.2) is 42.5 Å². The predicted molar refractivity (Wildman–Crippen MR) is 97.0 cm³/mol. The number of hydrogen-bond donors (Lipinski definition) is 0. The van der Waals surface area contributed by atoms with Gasteiger partial charge in [-0.3, -0.25) is 0 Å². The van der Waals surface area contributed by atoms with E-state index in [1.807, 2.05) is 0 Å². The van der Waals surface area contributed by atoms with Crippen molar-refractivity contribution in [3.8, 4) is 11.5 Å². The van der Waals surface area contributed by atoms with E-state index in [0.717, 1.165) is 25.3 Å². The molecular formula is C21H15F5O2. The van der Waals surface area contributed by atoms with Crippen molar-refractivity contribution in [3.05, 3.63) is 71.0 Å². The minimum Gasteiger partial charge on any atom is -0.494 e. The highest BCUT2D eigenvalue weighted by Crippen LogP contribution is 2.36. The summed E-state index contributed by atoms with van der Waals surface area (Å²) in [4.78, 5) is 0. The molecule has 0 atom stereocenters. The van der Waals surface area contributed by atoms with Crippen LogP contribution in [0.25, 0.3) is 22.4 Å². The third-order valence-electron chi connectivity index (χ3n) is 4.16. The highest BCUT2D eigenvalue weighted by atomic mass is 19.2. The molecule has 0 saturated carbocycles. The molecule has 0 spiro atoms. The first-order chi connectivity index (χ1) is 13.4. The van der Waals surface area contributed by atoms with Crippen LogP contribution in [0.5, 0.6) is 11.5 Å². The summed E-state index contributed by atoms with van der Waals surface area (Å²) in [5.41, 5.74) is -0.968. The van der Waals surface area contributed by atoms with Crippen molar-refractivity contribution in [1.29, 1.82) is 0 Å². The van der Waals surface area contributed by atoms with Crippen molar-refractivity contribution in [2.75, 3.05) is 13.7 Å². The SMILES string of the molecule is CCOc1ccc(C(F)=C(F)c2ccc3cc(OC)c(F)c(F)c3c2F)cc1. The number of methoxy groups -OCH3 is 1. The predicted octanol–water partition coefficient (Wildman–Crippen LogP) is 6.43. The van der Waals surface area contributed by atoms with Crippen LogP contribution in [0.2, 0.25) is 0 Å². The number of ether oxygens (including phenoxy) is 2. The van der Waals surface area contributed by atoms with E-state index < -0.39 is 45.8 Å². The van der Waals surface area contributed by atoms with Gasteiger partial charge in [-0.05, 0) is 48.7 Å². The smallest absolute Gasteiger partial charge is 0.201 e. The third-order valence-corrected chi connectivity index (χ3v) is 4.16. The summed E-state index contributed by atoms with van der Waals surface area (Å²) in [6.45, 7) is 2.18. The minimum atomic E-state index is -1.54. The molecule has 0 radical (unpaired) electrons. The summed E-state index contributed by atoms with van der Waals surface area (Å²) in [6.07, 6.45) is 0. The number of halogens is 5. The topological polar surface area (TPSA) is 18.5 Å². The molecule has 0 bridgehead atoms. The Labute approximate surface area is 157 Å². The normalized spacial score (nSPS) is 12.1. The van der Waals surface area contributed by atoms with Crippen LogP contribution in [0, 0.1) is 17.5 Å². The van der Waals surface area contributed by atoms with Gasteiger partial charge in [0.05, 0.1) is 19.1 Å². The van der Waals surface area contributed by atoms with E-state index in [-0.39, 0.29) is 10.9 Å². The molecule has 3 rings (SSSR count). The first-order valence-corrected chi connectivity index (χ1v) is 8.32. The lowest BCUT2D eigenvalue weighted by Gasteiger charge is -2.10. The summed E-state index contributed by atoms with van der Waals surface area (Å²) in [7, 11) is 1.13. The van der Waals surface area contributed by atoms with E-state index in [9.17, 15) is 22.0 Å². The number of fused-ring (bicyclic) bond motifs is 1. The van der Waals surface area contributed by atoms with Gasteiger partial charge in [0.15, 0.2) is 23.2 Å². The monoisotopic (exact) mass is 394 g/mol. The Morgan fingerprint density at radius 1 is 0.857 bits per heavy atom. The van der Waals surface area contributed by atoms with Gasteiger partial charge in [-0.2, -0.15) is 4.39 Å². The summed E-state index contributed by atoms with van der Waals surface area (Å²) < 4.78 is 81.9. The average Bonchev–Trinajstić information content (AvgIpc) is 2.70. The molecule has 0 heterocycles. The molecule has 7 heteroatoms. The fourth-order valence-electron chi connectivity index (χ4n) is 2.78. The first-order valence-electron chi connectivity index (χ1n) is 8.32. The van der Waals surface area contributed by atoms with E-state index in [2.05, 4.69) is 4.74 Å². The number of hydrogen-bond acceptors (Lipinski definition) is 2. The summed E-state index contributed by atoms with van der Waals surface area (Å²) in [5.74, 6) is -7.19. The lowest BCUT2D eigenvalue weighted by Crippen LogP contribution is -1.98. The highest BCUT2D eigenvalue weighted by Gasteiger charge is 2.22. The van der Waals surface area contributed by atoms with Crippen molar-refractivity contribution < 1.29 is 31.4 Å². The van der Waals surface area contributed by atoms with Gasteiger partial charge in [0.25, 0.3) is 0 Å².